The highest BCUT2D eigenvalue weighted by Gasteiger charge is 2.24. The van der Waals surface area contributed by atoms with Crippen molar-refractivity contribution in [3.63, 3.8) is 0 Å². The van der Waals surface area contributed by atoms with E-state index in [0.717, 1.165) is 9.35 Å². The zero-order valence-corrected chi connectivity index (χ0v) is 14.2. The van der Waals surface area contributed by atoms with Crippen molar-refractivity contribution < 1.29 is 8.42 Å². The van der Waals surface area contributed by atoms with Crippen molar-refractivity contribution in [3.05, 3.63) is 39.3 Å². The smallest absolute Gasteiger partial charge is 0.246 e. The summed E-state index contributed by atoms with van der Waals surface area (Å²) in [5, 5.41) is 4.80. The second kappa shape index (κ2) is 6.21. The lowest BCUT2D eigenvalue weighted by atomic mass is 10.3. The minimum atomic E-state index is -3.57. The third-order valence-corrected chi connectivity index (χ3v) is 6.15. The molecule has 2 heterocycles. The van der Waals surface area contributed by atoms with E-state index < -0.39 is 10.0 Å². The molecule has 2 aromatic heterocycles. The highest BCUT2D eigenvalue weighted by atomic mass is 79.9. The van der Waals surface area contributed by atoms with Crippen molar-refractivity contribution in [2.24, 2.45) is 0 Å². The molecule has 0 bridgehead atoms. The number of rotatable bonds is 5. The van der Waals surface area contributed by atoms with Crippen LogP contribution in [0.2, 0.25) is 0 Å². The summed E-state index contributed by atoms with van der Waals surface area (Å²) in [7, 11) is -0.325. The Kier molecular flexibility index (Phi) is 4.79. The fourth-order valence-electron chi connectivity index (χ4n) is 1.73. The molecule has 2 aromatic rings. The van der Waals surface area contributed by atoms with Gasteiger partial charge in [-0.1, -0.05) is 0 Å². The van der Waals surface area contributed by atoms with Gasteiger partial charge >= 0.3 is 0 Å². The van der Waals surface area contributed by atoms with Gasteiger partial charge in [0.15, 0.2) is 0 Å². The minimum absolute atomic E-state index is 0.180. The Bertz CT molecular complexity index is 700. The average Bonchev–Trinajstić information content (AvgIpc) is 2.84. The molecule has 0 unspecified atom stereocenters. The average molecular weight is 376 g/mol. The van der Waals surface area contributed by atoms with E-state index in [9.17, 15) is 8.42 Å². The van der Waals surface area contributed by atoms with Gasteiger partial charge in [0.1, 0.15) is 4.90 Å². The van der Waals surface area contributed by atoms with Gasteiger partial charge in [0.05, 0.1) is 9.47 Å². The molecule has 0 aromatic carbocycles. The van der Waals surface area contributed by atoms with Crippen LogP contribution in [-0.4, -0.2) is 31.8 Å². The van der Waals surface area contributed by atoms with Gasteiger partial charge in [0.25, 0.3) is 0 Å². The molecule has 5 nitrogen and oxygen atoms in total. The van der Waals surface area contributed by atoms with E-state index in [0.29, 0.717) is 12.2 Å². The van der Waals surface area contributed by atoms with Crippen LogP contribution in [0.5, 0.6) is 0 Å². The minimum Gasteiger partial charge on any atom is -0.387 e. The van der Waals surface area contributed by atoms with E-state index in [-0.39, 0.29) is 4.90 Å². The molecule has 0 aliphatic heterocycles. The van der Waals surface area contributed by atoms with Crippen LogP contribution in [0.3, 0.4) is 0 Å². The summed E-state index contributed by atoms with van der Waals surface area (Å²) in [6.45, 7) is 0.322. The quantitative estimate of drug-likeness (QED) is 0.872. The van der Waals surface area contributed by atoms with Gasteiger partial charge in [-0.2, -0.15) is 4.31 Å². The Labute approximate surface area is 130 Å². The normalized spacial score (nSPS) is 11.8. The molecule has 20 heavy (non-hydrogen) atoms. The van der Waals surface area contributed by atoms with Gasteiger partial charge in [-0.3, -0.25) is 4.98 Å². The number of hydrogen-bond donors (Lipinski definition) is 1. The van der Waals surface area contributed by atoms with E-state index >= 15 is 0 Å². The Morgan fingerprint density at radius 3 is 2.85 bits per heavy atom. The first kappa shape index (κ1) is 15.4. The number of aromatic nitrogens is 1. The van der Waals surface area contributed by atoms with Crippen LogP contribution >= 0.6 is 27.3 Å². The van der Waals surface area contributed by atoms with E-state index in [4.69, 9.17) is 0 Å². The maximum absolute atomic E-state index is 12.6. The largest absolute Gasteiger partial charge is 0.387 e. The molecule has 0 atom stereocenters. The summed E-state index contributed by atoms with van der Waals surface area (Å²) in [4.78, 5) is 4.08. The number of nitrogens with one attached hydrogen (secondary N) is 1. The van der Waals surface area contributed by atoms with Crippen LogP contribution in [-0.2, 0) is 16.6 Å². The number of nitrogens with zero attached hydrogens (tertiary/aromatic N) is 2. The third kappa shape index (κ3) is 3.20. The molecular weight excluding hydrogens is 362 g/mol. The van der Waals surface area contributed by atoms with Crippen LogP contribution in [0.25, 0.3) is 0 Å². The molecule has 8 heteroatoms. The summed E-state index contributed by atoms with van der Waals surface area (Å²) in [5.74, 6) is 0. The van der Waals surface area contributed by atoms with Crippen molar-refractivity contribution in [3.8, 4) is 0 Å². The SMILES string of the molecule is CNc1ccncc1S(=O)(=O)N(C)Cc1csc(Br)c1. The molecule has 0 radical (unpaired) electrons. The molecule has 0 amide bonds. The predicted octanol–water partition coefficient (Wildman–Crippen LogP) is 2.77. The monoisotopic (exact) mass is 375 g/mol. The van der Waals surface area contributed by atoms with Gasteiger partial charge < -0.3 is 5.32 Å². The second-order valence-electron chi connectivity index (χ2n) is 4.14. The number of thiophene rings is 1. The first-order valence-corrected chi connectivity index (χ1v) is 8.87. The number of anilines is 1. The van der Waals surface area contributed by atoms with Crippen LogP contribution in [0.1, 0.15) is 5.56 Å². The van der Waals surface area contributed by atoms with Gasteiger partial charge in [0, 0.05) is 33.0 Å². The Hall–Kier alpha value is -0.960. The molecular formula is C12H14BrN3O2S2. The van der Waals surface area contributed by atoms with Crippen molar-refractivity contribution >= 4 is 43.0 Å². The lowest BCUT2D eigenvalue weighted by Gasteiger charge is -2.18. The standard InChI is InChI=1S/C12H14BrN3O2S2/c1-14-10-3-4-15-6-11(10)20(17,18)16(2)7-9-5-12(13)19-8-9/h3-6,8H,7H2,1-2H3,(H,14,15). The Balaban J connectivity index is 2.29. The number of hydrogen-bond acceptors (Lipinski definition) is 5. The first-order valence-electron chi connectivity index (χ1n) is 5.76. The van der Waals surface area contributed by atoms with Crippen molar-refractivity contribution in [1.82, 2.24) is 9.29 Å². The molecule has 0 spiro atoms. The van der Waals surface area contributed by atoms with Crippen LogP contribution in [0.15, 0.2) is 38.6 Å². The molecule has 0 aliphatic rings. The van der Waals surface area contributed by atoms with Gasteiger partial charge in [0.2, 0.25) is 10.0 Å². The van der Waals surface area contributed by atoms with E-state index in [1.54, 1.807) is 26.4 Å². The fourth-order valence-corrected chi connectivity index (χ4v) is 4.23. The number of halogens is 1. The zero-order valence-electron chi connectivity index (χ0n) is 11.0. The highest BCUT2D eigenvalue weighted by Crippen LogP contribution is 2.26. The lowest BCUT2D eigenvalue weighted by molar-refractivity contribution is 0.467. The fraction of sp³-hybridized carbons (Fsp3) is 0.250. The van der Waals surface area contributed by atoms with E-state index in [1.807, 2.05) is 11.4 Å². The predicted molar refractivity (Wildman–Crippen MR) is 84.5 cm³/mol. The van der Waals surface area contributed by atoms with Gasteiger partial charge in [-0.05, 0) is 39.0 Å². The van der Waals surface area contributed by atoms with Gasteiger partial charge in [-0.25, -0.2) is 8.42 Å². The Morgan fingerprint density at radius 2 is 2.25 bits per heavy atom. The molecule has 0 saturated heterocycles. The molecule has 2 rings (SSSR count). The third-order valence-electron chi connectivity index (χ3n) is 2.77. The summed E-state index contributed by atoms with van der Waals surface area (Å²) in [6, 6.07) is 3.56. The molecule has 108 valence electrons. The number of sulfonamides is 1. The summed E-state index contributed by atoms with van der Waals surface area (Å²) < 4.78 is 27.4. The Morgan fingerprint density at radius 1 is 1.50 bits per heavy atom. The van der Waals surface area contributed by atoms with Crippen LogP contribution < -0.4 is 5.32 Å². The topological polar surface area (TPSA) is 62.3 Å². The summed E-state index contributed by atoms with van der Waals surface area (Å²) in [5.41, 5.74) is 1.49. The van der Waals surface area contributed by atoms with E-state index in [1.165, 1.54) is 21.8 Å². The molecule has 0 fully saturated rings. The first-order chi connectivity index (χ1) is 9.45. The number of pyridine rings is 1. The second-order valence-corrected chi connectivity index (χ2v) is 8.45. The maximum Gasteiger partial charge on any atom is 0.246 e. The maximum atomic E-state index is 12.6. The van der Waals surface area contributed by atoms with Crippen molar-refractivity contribution in [2.75, 3.05) is 19.4 Å². The molecule has 0 aliphatic carbocycles. The summed E-state index contributed by atoms with van der Waals surface area (Å²) in [6.07, 6.45) is 2.92. The molecule has 0 saturated carbocycles. The lowest BCUT2D eigenvalue weighted by Crippen LogP contribution is -2.27. The van der Waals surface area contributed by atoms with Crippen molar-refractivity contribution in [2.45, 2.75) is 11.4 Å². The van der Waals surface area contributed by atoms with Crippen LogP contribution in [0, 0.1) is 0 Å². The molecule has 1 N–H and O–H groups in total. The van der Waals surface area contributed by atoms with Crippen LogP contribution in [0.4, 0.5) is 5.69 Å². The van der Waals surface area contributed by atoms with E-state index in [2.05, 4.69) is 26.2 Å². The highest BCUT2D eigenvalue weighted by molar-refractivity contribution is 9.11. The van der Waals surface area contributed by atoms with Gasteiger partial charge in [-0.15, -0.1) is 11.3 Å². The summed E-state index contributed by atoms with van der Waals surface area (Å²) >= 11 is 4.90. The van der Waals surface area contributed by atoms with Crippen molar-refractivity contribution in [1.29, 1.82) is 0 Å². The zero-order chi connectivity index (χ0) is 14.8.